The Morgan fingerprint density at radius 1 is 0.352 bits per heavy atom. The zero-order chi connectivity index (χ0) is 40.5. The van der Waals surface area contributed by atoms with Crippen molar-refractivity contribution in [2.75, 3.05) is 85.6 Å². The van der Waals surface area contributed by atoms with E-state index in [1.807, 2.05) is 41.5 Å². The van der Waals surface area contributed by atoms with Gasteiger partial charge in [0.15, 0.2) is 0 Å². The quantitative estimate of drug-likeness (QED) is 0.0511. The van der Waals surface area contributed by atoms with Crippen molar-refractivity contribution < 1.29 is 59.7 Å². The van der Waals surface area contributed by atoms with E-state index in [4.69, 9.17) is 82.6 Å². The highest BCUT2D eigenvalue weighted by Gasteiger charge is 2.40. The lowest BCUT2D eigenvalue weighted by Crippen LogP contribution is -2.46. The standard InChI is InChI=1S/2C9H23NO3Si.2C5H15NO3Si.C2H6O.3CH4/c2*1-4-11-14(12-5-2,13-6-3)9-7-8-10;2*1-2-9-10(7,8)5-3-4-6;1-2-3;;;/h2*4-10H2,1-3H3;2*7-8H,2-6H2,1H3;3H,2H2,1H3;3*1H4. The van der Waals surface area contributed by atoms with Crippen LogP contribution in [0.1, 0.15) is 110 Å². The van der Waals surface area contributed by atoms with Gasteiger partial charge >= 0.3 is 35.2 Å². The van der Waals surface area contributed by atoms with Gasteiger partial charge in [0.2, 0.25) is 0 Å². The van der Waals surface area contributed by atoms with Crippen LogP contribution < -0.4 is 22.9 Å². The van der Waals surface area contributed by atoms with Crippen LogP contribution in [0.3, 0.4) is 0 Å². The molecule has 0 fully saturated rings. The van der Waals surface area contributed by atoms with Crippen LogP contribution in [0, 0.1) is 0 Å². The average molecular weight is 867 g/mol. The summed E-state index contributed by atoms with van der Waals surface area (Å²) in [7, 11) is -11.4. The number of nitrogens with two attached hydrogens (primary N) is 4. The third-order valence-corrected chi connectivity index (χ3v) is 15.5. The van der Waals surface area contributed by atoms with Gasteiger partial charge in [0.1, 0.15) is 0 Å². The fourth-order valence-corrected chi connectivity index (χ4v) is 11.7. The van der Waals surface area contributed by atoms with E-state index in [0.29, 0.717) is 104 Å². The second-order valence-corrected chi connectivity index (χ2v) is 20.2. The van der Waals surface area contributed by atoms with Crippen molar-refractivity contribution in [1.29, 1.82) is 0 Å². The number of aliphatic hydroxyl groups excluding tert-OH is 1. The number of rotatable bonds is 28. The van der Waals surface area contributed by atoms with Gasteiger partial charge in [-0.2, -0.15) is 0 Å². The Balaban J connectivity index is -0.0000000842. The second kappa shape index (κ2) is 51.2. The maximum absolute atomic E-state index is 9.06. The van der Waals surface area contributed by atoms with E-state index in [0.717, 1.165) is 24.9 Å². The maximum Gasteiger partial charge on any atom is 0.500 e. The summed E-state index contributed by atoms with van der Waals surface area (Å²) >= 11 is 0. The van der Waals surface area contributed by atoms with Gasteiger partial charge in [-0.25, -0.2) is 0 Å². The molecule has 0 aliphatic carbocycles. The van der Waals surface area contributed by atoms with E-state index >= 15 is 0 Å². The maximum atomic E-state index is 9.06. The molecule has 0 saturated carbocycles. The van der Waals surface area contributed by atoms with Crippen molar-refractivity contribution >= 4 is 35.2 Å². The van der Waals surface area contributed by atoms with Crippen LogP contribution in [0.25, 0.3) is 0 Å². The molecule has 0 aliphatic rings. The van der Waals surface area contributed by atoms with Gasteiger partial charge < -0.3 is 82.6 Å². The summed E-state index contributed by atoms with van der Waals surface area (Å²) in [5, 5.41) is 7.57. The Labute approximate surface area is 337 Å². The summed E-state index contributed by atoms with van der Waals surface area (Å²) in [6.45, 7) is 23.9. The molecule has 17 nitrogen and oxygen atoms in total. The summed E-state index contributed by atoms with van der Waals surface area (Å²) in [5.41, 5.74) is 21.3. The van der Waals surface area contributed by atoms with Crippen LogP contribution in [0.4, 0.5) is 0 Å². The van der Waals surface area contributed by atoms with Gasteiger partial charge in [-0.3, -0.25) is 0 Å². The minimum absolute atomic E-state index is 0. The molecule has 54 heavy (non-hydrogen) atoms. The first-order valence-corrected chi connectivity index (χ1v) is 26.4. The average Bonchev–Trinajstić information content (AvgIpc) is 3.07. The van der Waals surface area contributed by atoms with Gasteiger partial charge in [-0.1, -0.05) is 22.3 Å². The zero-order valence-corrected chi connectivity index (χ0v) is 37.7. The van der Waals surface area contributed by atoms with Crippen LogP contribution in [0.5, 0.6) is 0 Å². The summed E-state index contributed by atoms with van der Waals surface area (Å²) in [4.78, 5) is 36.2. The third-order valence-electron chi connectivity index (χ3n) is 5.72. The summed E-state index contributed by atoms with van der Waals surface area (Å²) in [6, 6.07) is 2.24. The molecule has 0 saturated heterocycles. The molecular weight excluding hydrogens is 773 g/mol. The van der Waals surface area contributed by atoms with Gasteiger partial charge in [0.05, 0.1) is 0 Å². The molecule has 0 spiro atoms. The molecule has 0 radical (unpaired) electrons. The predicted octanol–water partition coefficient (Wildman–Crippen LogP) is 3.26. The highest BCUT2D eigenvalue weighted by atomic mass is 28.4. The topological polar surface area (TPSA) is 279 Å². The molecule has 0 aromatic rings. The lowest BCUT2D eigenvalue weighted by molar-refractivity contribution is 0.0702. The molecule has 0 heterocycles. The van der Waals surface area contributed by atoms with Crippen molar-refractivity contribution in [2.45, 2.75) is 134 Å². The first-order chi connectivity index (χ1) is 24.1. The smallest absolute Gasteiger partial charge is 0.397 e. The van der Waals surface area contributed by atoms with Crippen LogP contribution in [-0.2, 0) is 35.4 Å². The van der Waals surface area contributed by atoms with Gasteiger partial charge in [0, 0.05) is 83.6 Å². The Kier molecular flexibility index (Phi) is 68.1. The Hall–Kier alpha value is 0.188. The predicted molar refractivity (Wildman–Crippen MR) is 232 cm³/mol. The van der Waals surface area contributed by atoms with Crippen molar-refractivity contribution in [3.05, 3.63) is 0 Å². The lowest BCUT2D eigenvalue weighted by atomic mass is 10.5. The fourth-order valence-electron chi connectivity index (χ4n) is 3.91. The molecular formula is C33H94N4O13Si4. The highest BCUT2D eigenvalue weighted by molar-refractivity contribution is 6.61. The molecule has 0 rings (SSSR count). The first kappa shape index (κ1) is 71.9. The first-order valence-electron chi connectivity index (χ1n) is 18.6. The molecule has 0 atom stereocenters. The molecule has 340 valence electrons. The van der Waals surface area contributed by atoms with Crippen LogP contribution in [0.2, 0.25) is 24.2 Å². The Morgan fingerprint density at radius 3 is 0.667 bits per heavy atom. The normalized spacial score (nSPS) is 11.0. The van der Waals surface area contributed by atoms with E-state index in [1.54, 1.807) is 20.8 Å². The highest BCUT2D eigenvalue weighted by Crippen LogP contribution is 2.18. The van der Waals surface area contributed by atoms with E-state index in [1.165, 1.54) is 0 Å². The molecule has 21 heteroatoms. The zero-order valence-electron chi connectivity index (χ0n) is 33.7. The van der Waals surface area contributed by atoms with Crippen molar-refractivity contribution in [3.63, 3.8) is 0 Å². The van der Waals surface area contributed by atoms with Crippen LogP contribution >= 0.6 is 0 Å². The number of hydrogen-bond acceptors (Lipinski definition) is 17. The van der Waals surface area contributed by atoms with Crippen molar-refractivity contribution in [1.82, 2.24) is 0 Å². The number of aliphatic hydroxyl groups is 1. The minimum atomic E-state index is -3.30. The molecule has 0 unspecified atom stereocenters. The van der Waals surface area contributed by atoms with Gasteiger partial charge in [-0.15, -0.1) is 0 Å². The van der Waals surface area contributed by atoms with E-state index in [9.17, 15) is 0 Å². The van der Waals surface area contributed by atoms with E-state index in [2.05, 4.69) is 0 Å². The Bertz CT molecular complexity index is 589. The molecule has 0 bridgehead atoms. The van der Waals surface area contributed by atoms with E-state index < -0.39 is 35.2 Å². The molecule has 0 aromatic carbocycles. The fraction of sp³-hybridized carbons (Fsp3) is 1.00. The second-order valence-electron chi connectivity index (χ2n) is 10.2. The summed E-state index contributed by atoms with van der Waals surface area (Å²) in [6.07, 6.45) is 3.01. The SMILES string of the molecule is C.C.C.CCO.CCO[Si](CCCN)(OCC)OCC.CCO[Si](CCCN)(OCC)OCC.CCO[Si](O)(O)CCCN.CCO[Si](O)(O)CCCN. The third kappa shape index (κ3) is 50.2. The monoisotopic (exact) mass is 867 g/mol. The van der Waals surface area contributed by atoms with Gasteiger partial charge in [-0.05, 0) is 114 Å². The van der Waals surface area contributed by atoms with E-state index in [-0.39, 0.29) is 28.9 Å². The molecule has 0 aliphatic heterocycles. The largest absolute Gasteiger partial charge is 0.500 e. The van der Waals surface area contributed by atoms with Crippen LogP contribution in [-0.4, -0.2) is 145 Å². The number of hydrogen-bond donors (Lipinski definition) is 9. The van der Waals surface area contributed by atoms with Crippen molar-refractivity contribution in [2.24, 2.45) is 22.9 Å². The molecule has 0 amide bonds. The van der Waals surface area contributed by atoms with Crippen molar-refractivity contribution in [3.8, 4) is 0 Å². The minimum Gasteiger partial charge on any atom is -0.397 e. The summed E-state index contributed by atoms with van der Waals surface area (Å²) in [5.74, 6) is 0. The van der Waals surface area contributed by atoms with Gasteiger partial charge in [0.25, 0.3) is 0 Å². The summed E-state index contributed by atoms with van der Waals surface area (Å²) < 4.78 is 43.4. The Morgan fingerprint density at radius 2 is 0.519 bits per heavy atom. The molecule has 0 aromatic heterocycles. The van der Waals surface area contributed by atoms with Crippen LogP contribution in [0.15, 0.2) is 0 Å². The lowest BCUT2D eigenvalue weighted by Gasteiger charge is -2.28. The molecule has 13 N–H and O–H groups in total.